The van der Waals surface area contributed by atoms with Crippen molar-refractivity contribution in [3.8, 4) is 34.5 Å². The first kappa shape index (κ1) is 123. The second-order valence-corrected chi connectivity index (χ2v) is 15.0. The van der Waals surface area contributed by atoms with Gasteiger partial charge in [-0.05, 0) is 118 Å². The van der Waals surface area contributed by atoms with Crippen molar-refractivity contribution in [1.82, 2.24) is 21.3 Å². The van der Waals surface area contributed by atoms with Gasteiger partial charge in [0, 0.05) is 19.6 Å². The van der Waals surface area contributed by atoms with E-state index < -0.39 is 0 Å². The van der Waals surface area contributed by atoms with Crippen molar-refractivity contribution in [3.05, 3.63) is 233 Å². The standard InChI is InChI=1S/6C6H6O.3C5H9NO.C4H7NO2.4C3H8.6C2H6.CH4/c6*7-6-4-2-1-3-5-6;3*1-3-5(7)6-4-2;1-2-4(7)5-3-6;4*1-3-2;6*1-2;/h6*1-5,7H;3*3H,1,4H2,2H3,(H,6,7);2,6H,1,3H2,(H,5,7);4*3H2,1-2H3;6*1-2H3;1H4/p+1. The molecule has 0 radical (unpaired) electrons. The van der Waals surface area contributed by atoms with Crippen molar-refractivity contribution in [2.45, 2.75) is 192 Å². The lowest BCUT2D eigenvalue weighted by molar-refractivity contribution is -0.118. The van der Waals surface area contributed by atoms with E-state index in [1.54, 1.807) is 146 Å². The maximum Gasteiger partial charge on any atom is 1.00 e. The molecule has 0 aliphatic rings. The maximum atomic E-state index is 10.2. The molecule has 0 aromatic heterocycles. The van der Waals surface area contributed by atoms with Crippen molar-refractivity contribution in [3.63, 3.8) is 0 Å². The molecule has 0 bridgehead atoms. The van der Waals surface area contributed by atoms with E-state index in [1.807, 2.05) is 140 Å². The van der Waals surface area contributed by atoms with Crippen LogP contribution in [0, 0.1) is 0 Å². The summed E-state index contributed by atoms with van der Waals surface area (Å²) >= 11 is 0. The van der Waals surface area contributed by atoms with E-state index in [2.05, 4.69) is 103 Å². The molecule has 548 valence electrons. The number of aromatic hydroxyl groups is 6. The van der Waals surface area contributed by atoms with Gasteiger partial charge in [0.05, 0.1) is 0 Å². The molecule has 0 heterocycles. The van der Waals surface area contributed by atoms with Gasteiger partial charge in [0.15, 0.2) is 0 Å². The average molecular weight is 1340 g/mol. The smallest absolute Gasteiger partial charge is 0.508 e. The summed E-state index contributed by atoms with van der Waals surface area (Å²) in [5.41, 5.74) is 0. The van der Waals surface area contributed by atoms with Crippen LogP contribution in [-0.2, 0) is 19.2 Å². The predicted octanol–water partition coefficient (Wildman–Crippen LogP) is 21.1. The van der Waals surface area contributed by atoms with Crippen LogP contribution in [0.15, 0.2) is 233 Å². The molecular weight excluding hydrogens is 1190 g/mol. The summed E-state index contributed by atoms with van der Waals surface area (Å²) in [6, 6.07) is 52.3. The molecular formula is C80H143N4O11+. The first-order valence-electron chi connectivity index (χ1n) is 32.9. The molecule has 15 heteroatoms. The highest BCUT2D eigenvalue weighted by Crippen LogP contribution is 2.06. The molecule has 0 saturated carbocycles. The summed E-state index contributed by atoms with van der Waals surface area (Å²) in [6.07, 6.45) is 9.85. The third kappa shape index (κ3) is 168. The highest BCUT2D eigenvalue weighted by Gasteiger charge is 1.86. The van der Waals surface area contributed by atoms with Crippen LogP contribution >= 0.6 is 0 Å². The van der Waals surface area contributed by atoms with Crippen LogP contribution in [0.25, 0.3) is 0 Å². The van der Waals surface area contributed by atoms with Crippen LogP contribution in [-0.4, -0.2) is 85.7 Å². The number of carbonyl (C=O) groups excluding carboxylic acids is 4. The van der Waals surface area contributed by atoms with Gasteiger partial charge in [0.2, 0.25) is 23.6 Å². The lowest BCUT2D eigenvalue weighted by Gasteiger charge is -1.90. The molecule has 0 spiro atoms. The number of phenolic OH excluding ortho intramolecular Hbond substituents is 6. The molecule has 0 unspecified atom stereocenters. The van der Waals surface area contributed by atoms with Crippen molar-refractivity contribution in [1.29, 1.82) is 0 Å². The van der Waals surface area contributed by atoms with Gasteiger partial charge in [-0.25, -0.2) is 0 Å². The lowest BCUT2D eigenvalue weighted by atomic mass is 10.3. The molecule has 0 fully saturated rings. The number of aliphatic hydroxyl groups is 1. The Kier molecular flexibility index (Phi) is 173. The topological polar surface area (TPSA) is 258 Å². The molecule has 11 N–H and O–H groups in total. The largest absolute Gasteiger partial charge is 1.00 e. The van der Waals surface area contributed by atoms with Gasteiger partial charge in [-0.2, -0.15) is 0 Å². The molecule has 15 nitrogen and oxygen atoms in total. The van der Waals surface area contributed by atoms with E-state index in [4.69, 9.17) is 35.7 Å². The van der Waals surface area contributed by atoms with Crippen molar-refractivity contribution in [2.75, 3.05) is 26.4 Å². The summed E-state index contributed by atoms with van der Waals surface area (Å²) < 4.78 is 0. The number of rotatable bonds is 8. The third-order valence-electron chi connectivity index (χ3n) is 6.59. The first-order chi connectivity index (χ1) is 45.3. The second-order valence-electron chi connectivity index (χ2n) is 15.0. The lowest BCUT2D eigenvalue weighted by Crippen LogP contribution is -2.20. The molecule has 0 atom stereocenters. The normalized spacial score (nSPS) is 7.16. The molecule has 6 rings (SSSR count). The zero-order chi connectivity index (χ0) is 76.3. The van der Waals surface area contributed by atoms with Crippen LogP contribution in [0.2, 0.25) is 0 Å². The van der Waals surface area contributed by atoms with E-state index in [-0.39, 0.29) is 39.2 Å². The van der Waals surface area contributed by atoms with E-state index in [0.29, 0.717) is 54.1 Å². The van der Waals surface area contributed by atoms with Gasteiger partial charge in [0.1, 0.15) is 41.2 Å². The SMILES string of the molecule is C.C=CC(=O)NCC.C=CC(=O)NCC.C=CC(=O)NCC.C=CC(=O)NCO.CC.CC.CC.CC.CC.CC.CCC.CCC.CCC.CCC.Oc1ccccc1.Oc1ccccc1.Oc1ccccc1.Oc1ccccc1.Oc1ccccc1.Oc1ccccc1.[H+]. The molecule has 6 aromatic carbocycles. The Bertz CT molecular complexity index is 1850. The van der Waals surface area contributed by atoms with Crippen molar-refractivity contribution >= 4 is 23.6 Å². The summed E-state index contributed by atoms with van der Waals surface area (Å²) in [7, 11) is 0. The Morgan fingerprint density at radius 2 is 0.389 bits per heavy atom. The number of hydrogen-bond acceptors (Lipinski definition) is 11. The minimum Gasteiger partial charge on any atom is -0.508 e. The second kappa shape index (κ2) is 134. The fraction of sp³-hybridized carbons (Fsp3) is 0.400. The molecule has 0 aliphatic heterocycles. The number of phenols is 6. The first-order valence-corrected chi connectivity index (χ1v) is 32.9. The molecule has 6 aromatic rings. The average Bonchev–Trinajstić information content (AvgIpc) is 3.81. The van der Waals surface area contributed by atoms with Gasteiger partial charge < -0.3 is 57.0 Å². The quantitative estimate of drug-likeness (QED) is 0.0504. The molecule has 4 amide bonds. The zero-order valence-corrected chi connectivity index (χ0v) is 62.9. The van der Waals surface area contributed by atoms with Crippen LogP contribution in [0.1, 0.15) is 194 Å². The van der Waals surface area contributed by atoms with Gasteiger partial charge in [-0.15, -0.1) is 0 Å². The van der Waals surface area contributed by atoms with Crippen LogP contribution in [0.5, 0.6) is 34.5 Å². The van der Waals surface area contributed by atoms with Crippen LogP contribution in [0.4, 0.5) is 0 Å². The Hall–Kier alpha value is -9.08. The number of likely N-dealkylation sites (N-methyl/N-ethyl adjacent to an activating group) is 3. The van der Waals surface area contributed by atoms with Gasteiger partial charge in [0.25, 0.3) is 0 Å². The minimum absolute atomic E-state index is 0. The predicted molar refractivity (Wildman–Crippen MR) is 420 cm³/mol. The fourth-order valence-corrected chi connectivity index (χ4v) is 3.46. The molecule has 95 heavy (non-hydrogen) atoms. The number of aliphatic hydroxyl groups excluding tert-OH is 1. The third-order valence-corrected chi connectivity index (χ3v) is 6.59. The Labute approximate surface area is 584 Å². The monoisotopic (exact) mass is 1340 g/mol. The van der Waals surface area contributed by atoms with Gasteiger partial charge in [-0.3, -0.25) is 19.2 Å². The molecule has 0 saturated heterocycles. The Morgan fingerprint density at radius 1 is 0.284 bits per heavy atom. The highest BCUT2D eigenvalue weighted by molar-refractivity contribution is 5.87. The summed E-state index contributed by atoms with van der Waals surface area (Å²) in [4.78, 5) is 40.6. The van der Waals surface area contributed by atoms with Crippen molar-refractivity contribution < 1.29 is 56.4 Å². The fourth-order valence-electron chi connectivity index (χ4n) is 3.46. The summed E-state index contributed by atoms with van der Waals surface area (Å²) in [5, 5.41) is 69.5. The summed E-state index contributed by atoms with van der Waals surface area (Å²) in [5.74, 6) is 1.25. The highest BCUT2D eigenvalue weighted by atomic mass is 16.3. The van der Waals surface area contributed by atoms with Gasteiger partial charge >= 0.3 is 1.43 Å². The van der Waals surface area contributed by atoms with Crippen LogP contribution < -0.4 is 21.3 Å². The summed E-state index contributed by atoms with van der Waals surface area (Å²) in [6.45, 7) is 61.2. The Balaban J connectivity index is -0.0000000509. The minimum atomic E-state index is -0.359. The van der Waals surface area contributed by atoms with E-state index in [9.17, 15) is 19.2 Å². The zero-order valence-electron chi connectivity index (χ0n) is 63.9. The maximum absolute atomic E-state index is 10.2. The van der Waals surface area contributed by atoms with E-state index in [0.717, 1.165) is 6.08 Å². The number of benzene rings is 6. The van der Waals surface area contributed by atoms with Crippen molar-refractivity contribution in [2.24, 2.45) is 0 Å². The number of hydrogen-bond donors (Lipinski definition) is 11. The van der Waals surface area contributed by atoms with E-state index in [1.165, 1.54) is 43.9 Å². The van der Waals surface area contributed by atoms with E-state index >= 15 is 0 Å². The Morgan fingerprint density at radius 3 is 0.432 bits per heavy atom. The van der Waals surface area contributed by atoms with Crippen LogP contribution in [0.3, 0.4) is 0 Å². The van der Waals surface area contributed by atoms with Gasteiger partial charge in [-0.1, -0.05) is 307 Å². The number of para-hydroxylation sites is 6. The number of carbonyl (C=O) groups is 4. The molecule has 0 aliphatic carbocycles. The number of amides is 4. The number of nitrogens with one attached hydrogen (secondary N) is 4.